The van der Waals surface area contributed by atoms with E-state index in [4.69, 9.17) is 11.0 Å². The summed E-state index contributed by atoms with van der Waals surface area (Å²) in [6, 6.07) is 10.4. The second kappa shape index (κ2) is 3.81. The van der Waals surface area contributed by atoms with E-state index >= 15 is 0 Å². The van der Waals surface area contributed by atoms with E-state index in [-0.39, 0.29) is 0 Å². The summed E-state index contributed by atoms with van der Waals surface area (Å²) in [5.74, 6) is 0.501. The summed E-state index contributed by atoms with van der Waals surface area (Å²) < 4.78 is 0. The number of hydrogen-bond donors (Lipinski definition) is 1. The first-order valence-corrected chi connectivity index (χ1v) is 5.06. The van der Waals surface area contributed by atoms with Gasteiger partial charge in [-0.25, -0.2) is 0 Å². The Bertz CT molecular complexity index is 365. The highest BCUT2D eigenvalue weighted by Crippen LogP contribution is 2.34. The van der Waals surface area contributed by atoms with Crippen LogP contribution in [0.1, 0.15) is 36.3 Å². The molecule has 1 aromatic carbocycles. The third-order valence-electron chi connectivity index (χ3n) is 2.99. The van der Waals surface area contributed by atoms with Gasteiger partial charge in [-0.1, -0.05) is 18.2 Å². The molecular weight excluding hydrogens is 172 g/mol. The van der Waals surface area contributed by atoms with E-state index < -0.39 is 0 Å². The molecule has 1 aromatic rings. The molecule has 2 atom stereocenters. The van der Waals surface area contributed by atoms with Crippen LogP contribution < -0.4 is 5.73 Å². The smallest absolute Gasteiger partial charge is 0.0994 e. The molecule has 0 aliphatic heterocycles. The molecule has 0 bridgehead atoms. The molecule has 0 spiro atoms. The van der Waals surface area contributed by atoms with Gasteiger partial charge in [-0.2, -0.15) is 5.26 Å². The topological polar surface area (TPSA) is 49.8 Å². The van der Waals surface area contributed by atoms with E-state index in [2.05, 4.69) is 12.1 Å². The predicted molar refractivity (Wildman–Crippen MR) is 55.7 cm³/mol. The Morgan fingerprint density at radius 1 is 1.29 bits per heavy atom. The van der Waals surface area contributed by atoms with Crippen molar-refractivity contribution in [1.29, 1.82) is 5.26 Å². The van der Waals surface area contributed by atoms with Crippen molar-refractivity contribution in [3.05, 3.63) is 35.4 Å². The van der Waals surface area contributed by atoms with Crippen LogP contribution >= 0.6 is 0 Å². The highest BCUT2D eigenvalue weighted by atomic mass is 14.6. The Balaban J connectivity index is 2.28. The number of nitrogens with zero attached hydrogens (tertiary/aromatic N) is 1. The first kappa shape index (κ1) is 9.23. The van der Waals surface area contributed by atoms with Crippen molar-refractivity contribution < 1.29 is 0 Å². The van der Waals surface area contributed by atoms with Gasteiger partial charge in [0, 0.05) is 6.04 Å². The molecule has 1 aliphatic carbocycles. The predicted octanol–water partition coefficient (Wildman–Crippen LogP) is 2.15. The largest absolute Gasteiger partial charge is 0.328 e. The molecule has 0 amide bonds. The molecular formula is C12H14N2. The van der Waals surface area contributed by atoms with Crippen molar-refractivity contribution in [3.8, 4) is 6.07 Å². The maximum Gasteiger partial charge on any atom is 0.0994 e. The van der Waals surface area contributed by atoms with E-state index in [0.29, 0.717) is 12.0 Å². The van der Waals surface area contributed by atoms with Gasteiger partial charge in [-0.3, -0.25) is 0 Å². The van der Waals surface area contributed by atoms with E-state index in [1.807, 2.05) is 18.2 Å². The highest BCUT2D eigenvalue weighted by molar-refractivity contribution is 5.40. The zero-order chi connectivity index (χ0) is 9.97. The van der Waals surface area contributed by atoms with Crippen LogP contribution in [0.3, 0.4) is 0 Å². The SMILES string of the molecule is N#Cc1ccccc1[C@H]1CC[C@@H](N)C1. The zero-order valence-corrected chi connectivity index (χ0v) is 8.11. The van der Waals surface area contributed by atoms with Crippen molar-refractivity contribution >= 4 is 0 Å². The van der Waals surface area contributed by atoms with Crippen LogP contribution in [0.5, 0.6) is 0 Å². The molecule has 0 aromatic heterocycles. The maximum absolute atomic E-state index is 8.96. The Kier molecular flexibility index (Phi) is 2.51. The van der Waals surface area contributed by atoms with E-state index in [0.717, 1.165) is 24.8 Å². The lowest BCUT2D eigenvalue weighted by atomic mass is 9.93. The maximum atomic E-state index is 8.96. The third kappa shape index (κ3) is 1.64. The standard InChI is InChI=1S/C12H14N2/c13-8-10-3-1-2-4-12(10)9-5-6-11(14)7-9/h1-4,9,11H,5-7,14H2/t9-,11+/m0/s1. The van der Waals surface area contributed by atoms with Crippen molar-refractivity contribution in [2.24, 2.45) is 5.73 Å². The fourth-order valence-corrected chi connectivity index (χ4v) is 2.25. The number of nitrogens with two attached hydrogens (primary N) is 1. The average Bonchev–Trinajstić information content (AvgIpc) is 2.65. The van der Waals surface area contributed by atoms with Crippen molar-refractivity contribution in [2.75, 3.05) is 0 Å². The lowest BCUT2D eigenvalue weighted by Crippen LogP contribution is -2.14. The molecule has 2 rings (SSSR count). The summed E-state index contributed by atoms with van der Waals surface area (Å²) in [6.45, 7) is 0. The summed E-state index contributed by atoms with van der Waals surface area (Å²) >= 11 is 0. The Morgan fingerprint density at radius 3 is 2.71 bits per heavy atom. The Morgan fingerprint density at radius 2 is 2.07 bits per heavy atom. The van der Waals surface area contributed by atoms with E-state index in [9.17, 15) is 0 Å². The summed E-state index contributed by atoms with van der Waals surface area (Å²) in [6.07, 6.45) is 3.24. The Labute approximate surface area is 84.3 Å². The van der Waals surface area contributed by atoms with Gasteiger partial charge in [0.1, 0.15) is 0 Å². The quantitative estimate of drug-likeness (QED) is 0.730. The van der Waals surface area contributed by atoms with Crippen LogP contribution in [0.2, 0.25) is 0 Å². The van der Waals surface area contributed by atoms with E-state index in [1.54, 1.807) is 0 Å². The normalized spacial score (nSPS) is 26.0. The molecule has 0 saturated heterocycles. The summed E-state index contributed by atoms with van der Waals surface area (Å²) in [7, 11) is 0. The molecule has 72 valence electrons. The van der Waals surface area contributed by atoms with Gasteiger partial charge in [-0.15, -0.1) is 0 Å². The lowest BCUT2D eigenvalue weighted by Gasteiger charge is -2.11. The Hall–Kier alpha value is -1.33. The van der Waals surface area contributed by atoms with Crippen LogP contribution in [0.25, 0.3) is 0 Å². The van der Waals surface area contributed by atoms with Gasteiger partial charge in [0.15, 0.2) is 0 Å². The molecule has 2 heteroatoms. The second-order valence-corrected chi connectivity index (χ2v) is 3.97. The van der Waals surface area contributed by atoms with Crippen LogP contribution in [0.15, 0.2) is 24.3 Å². The number of hydrogen-bond acceptors (Lipinski definition) is 2. The minimum Gasteiger partial charge on any atom is -0.328 e. The monoisotopic (exact) mass is 186 g/mol. The molecule has 1 aliphatic rings. The first-order valence-electron chi connectivity index (χ1n) is 5.06. The minimum absolute atomic E-state index is 0.326. The minimum atomic E-state index is 0.326. The highest BCUT2D eigenvalue weighted by Gasteiger charge is 2.24. The molecule has 2 N–H and O–H groups in total. The second-order valence-electron chi connectivity index (χ2n) is 3.97. The van der Waals surface area contributed by atoms with Crippen LogP contribution in [0, 0.1) is 11.3 Å². The number of nitriles is 1. The third-order valence-corrected chi connectivity index (χ3v) is 2.99. The molecule has 0 heterocycles. The number of rotatable bonds is 1. The van der Waals surface area contributed by atoms with Gasteiger partial charge in [0.05, 0.1) is 11.6 Å². The summed E-state index contributed by atoms with van der Waals surface area (Å²) in [4.78, 5) is 0. The van der Waals surface area contributed by atoms with Gasteiger partial charge >= 0.3 is 0 Å². The molecule has 2 nitrogen and oxygen atoms in total. The van der Waals surface area contributed by atoms with Gasteiger partial charge in [0.2, 0.25) is 0 Å². The lowest BCUT2D eigenvalue weighted by molar-refractivity contribution is 0.674. The average molecular weight is 186 g/mol. The fraction of sp³-hybridized carbons (Fsp3) is 0.417. The molecule has 0 radical (unpaired) electrons. The summed E-state index contributed by atoms with van der Waals surface area (Å²) in [5, 5.41) is 8.96. The van der Waals surface area contributed by atoms with Gasteiger partial charge in [0.25, 0.3) is 0 Å². The fourth-order valence-electron chi connectivity index (χ4n) is 2.25. The summed E-state index contributed by atoms with van der Waals surface area (Å²) in [5.41, 5.74) is 7.87. The van der Waals surface area contributed by atoms with Crippen LogP contribution in [-0.2, 0) is 0 Å². The van der Waals surface area contributed by atoms with Crippen LogP contribution in [0.4, 0.5) is 0 Å². The van der Waals surface area contributed by atoms with Crippen molar-refractivity contribution in [2.45, 2.75) is 31.2 Å². The van der Waals surface area contributed by atoms with Crippen molar-refractivity contribution in [1.82, 2.24) is 0 Å². The molecule has 14 heavy (non-hydrogen) atoms. The number of benzene rings is 1. The molecule has 1 saturated carbocycles. The molecule has 1 fully saturated rings. The first-order chi connectivity index (χ1) is 6.81. The van der Waals surface area contributed by atoms with Crippen molar-refractivity contribution in [3.63, 3.8) is 0 Å². The molecule has 0 unspecified atom stereocenters. The van der Waals surface area contributed by atoms with Gasteiger partial charge < -0.3 is 5.73 Å². The van der Waals surface area contributed by atoms with Gasteiger partial charge in [-0.05, 0) is 36.8 Å². The zero-order valence-electron chi connectivity index (χ0n) is 8.11. The van der Waals surface area contributed by atoms with Crippen LogP contribution in [-0.4, -0.2) is 6.04 Å². The van der Waals surface area contributed by atoms with E-state index in [1.165, 1.54) is 5.56 Å².